The van der Waals surface area contributed by atoms with E-state index in [-0.39, 0.29) is 12.0 Å². The lowest BCUT2D eigenvalue weighted by atomic mass is 10.3. The van der Waals surface area contributed by atoms with E-state index in [1.807, 2.05) is 19.9 Å². The van der Waals surface area contributed by atoms with Gasteiger partial charge in [-0.2, -0.15) is 4.98 Å². The zero-order valence-electron chi connectivity index (χ0n) is 12.1. The molecule has 110 valence electrons. The number of aromatic nitrogens is 2. The Labute approximate surface area is 122 Å². The molecule has 1 aliphatic rings. The molecule has 1 atom stereocenters. The fraction of sp³-hybridized carbons (Fsp3) is 0.400. The number of carbonyl (C=O) groups excluding carboxylic acids is 1. The minimum absolute atomic E-state index is 0.0232. The highest BCUT2D eigenvalue weighted by Gasteiger charge is 2.29. The molecule has 0 saturated carbocycles. The number of likely N-dealkylation sites (tertiary alicyclic amines) is 1. The summed E-state index contributed by atoms with van der Waals surface area (Å²) in [6.45, 7) is 4.98. The highest BCUT2D eigenvalue weighted by Crippen LogP contribution is 2.19. The summed E-state index contributed by atoms with van der Waals surface area (Å²) in [4.78, 5) is 22.5. The summed E-state index contributed by atoms with van der Waals surface area (Å²) < 4.78 is 10.8. The van der Waals surface area contributed by atoms with E-state index >= 15 is 0 Å². The van der Waals surface area contributed by atoms with Crippen LogP contribution in [0.4, 0.5) is 0 Å². The molecule has 21 heavy (non-hydrogen) atoms. The maximum Gasteiger partial charge on any atom is 0.257 e. The van der Waals surface area contributed by atoms with Crippen LogP contribution in [0, 0.1) is 13.8 Å². The normalized spacial score (nSPS) is 18.0. The third-order valence-electron chi connectivity index (χ3n) is 3.43. The molecule has 0 N–H and O–H groups in total. The molecule has 6 heteroatoms. The molecule has 3 heterocycles. The van der Waals surface area contributed by atoms with Crippen LogP contribution in [-0.4, -0.2) is 40.0 Å². The summed E-state index contributed by atoms with van der Waals surface area (Å²) in [5, 5.41) is 0. The van der Waals surface area contributed by atoms with Crippen molar-refractivity contribution >= 4 is 5.91 Å². The quantitative estimate of drug-likeness (QED) is 0.863. The fourth-order valence-electron chi connectivity index (χ4n) is 2.49. The van der Waals surface area contributed by atoms with Gasteiger partial charge in [0.25, 0.3) is 5.91 Å². The van der Waals surface area contributed by atoms with Gasteiger partial charge in [-0.3, -0.25) is 4.79 Å². The molecule has 2 aromatic rings. The van der Waals surface area contributed by atoms with Gasteiger partial charge in [-0.1, -0.05) is 0 Å². The zero-order valence-corrected chi connectivity index (χ0v) is 12.1. The van der Waals surface area contributed by atoms with Gasteiger partial charge in [0.1, 0.15) is 18.2 Å². The van der Waals surface area contributed by atoms with E-state index in [1.165, 1.54) is 12.5 Å². The van der Waals surface area contributed by atoms with Gasteiger partial charge in [0.05, 0.1) is 18.4 Å². The third kappa shape index (κ3) is 3.04. The van der Waals surface area contributed by atoms with Gasteiger partial charge in [-0.15, -0.1) is 0 Å². The monoisotopic (exact) mass is 287 g/mol. The van der Waals surface area contributed by atoms with Crippen molar-refractivity contribution in [1.82, 2.24) is 14.9 Å². The summed E-state index contributed by atoms with van der Waals surface area (Å²) in [6, 6.07) is 3.49. The van der Waals surface area contributed by atoms with Crippen LogP contribution in [0.1, 0.15) is 28.3 Å². The largest absolute Gasteiger partial charge is 0.472 e. The standard InChI is InChI=1S/C15H17N3O3/c1-10-7-14(17-11(2)16-10)21-13-3-5-18(8-13)15(19)12-4-6-20-9-12/h4,6-7,9,13H,3,5,8H2,1-2H3/t13-/m1/s1. The first kappa shape index (κ1) is 13.6. The maximum absolute atomic E-state index is 12.2. The second-order valence-corrected chi connectivity index (χ2v) is 5.19. The van der Waals surface area contributed by atoms with E-state index in [4.69, 9.17) is 9.15 Å². The number of ether oxygens (including phenoxy) is 1. The lowest BCUT2D eigenvalue weighted by Crippen LogP contribution is -2.30. The molecule has 0 aliphatic carbocycles. The molecule has 3 rings (SSSR count). The minimum atomic E-state index is -0.0328. The SMILES string of the molecule is Cc1cc(O[C@@H]2CCN(C(=O)c3ccoc3)C2)nc(C)n1. The average Bonchev–Trinajstić information content (AvgIpc) is 3.07. The van der Waals surface area contributed by atoms with Crippen molar-refractivity contribution in [3.05, 3.63) is 41.7 Å². The third-order valence-corrected chi connectivity index (χ3v) is 3.43. The van der Waals surface area contributed by atoms with Gasteiger partial charge in [0, 0.05) is 24.7 Å². The summed E-state index contributed by atoms with van der Waals surface area (Å²) in [7, 11) is 0. The second-order valence-electron chi connectivity index (χ2n) is 5.19. The van der Waals surface area contributed by atoms with Crippen LogP contribution < -0.4 is 4.74 Å². The Bertz CT molecular complexity index is 619. The molecule has 2 aromatic heterocycles. The van der Waals surface area contributed by atoms with E-state index in [0.717, 1.165) is 12.1 Å². The lowest BCUT2D eigenvalue weighted by Gasteiger charge is -2.16. The van der Waals surface area contributed by atoms with Crippen molar-refractivity contribution < 1.29 is 13.9 Å². The first-order valence-corrected chi connectivity index (χ1v) is 6.92. The number of furan rings is 1. The Morgan fingerprint density at radius 3 is 3.00 bits per heavy atom. The smallest absolute Gasteiger partial charge is 0.257 e. The molecule has 0 radical (unpaired) electrons. The fourth-order valence-corrected chi connectivity index (χ4v) is 2.49. The van der Waals surface area contributed by atoms with Crippen molar-refractivity contribution in [3.8, 4) is 5.88 Å². The van der Waals surface area contributed by atoms with E-state index < -0.39 is 0 Å². The molecule has 1 fully saturated rings. The van der Waals surface area contributed by atoms with Crippen molar-refractivity contribution in [3.63, 3.8) is 0 Å². The van der Waals surface area contributed by atoms with E-state index in [1.54, 1.807) is 11.0 Å². The van der Waals surface area contributed by atoms with Crippen LogP contribution in [0.3, 0.4) is 0 Å². The number of hydrogen-bond donors (Lipinski definition) is 0. The van der Waals surface area contributed by atoms with Gasteiger partial charge < -0.3 is 14.1 Å². The molecule has 0 aromatic carbocycles. The Kier molecular flexibility index (Phi) is 3.60. The van der Waals surface area contributed by atoms with Crippen LogP contribution in [0.5, 0.6) is 5.88 Å². The second kappa shape index (κ2) is 5.55. The van der Waals surface area contributed by atoms with E-state index in [2.05, 4.69) is 9.97 Å². The van der Waals surface area contributed by atoms with Crippen LogP contribution in [0.25, 0.3) is 0 Å². The van der Waals surface area contributed by atoms with Crippen molar-refractivity contribution in [2.24, 2.45) is 0 Å². The maximum atomic E-state index is 12.2. The highest BCUT2D eigenvalue weighted by molar-refractivity contribution is 5.94. The Morgan fingerprint density at radius 1 is 1.43 bits per heavy atom. The van der Waals surface area contributed by atoms with E-state index in [9.17, 15) is 4.79 Å². The zero-order chi connectivity index (χ0) is 14.8. The van der Waals surface area contributed by atoms with Gasteiger partial charge in [0.15, 0.2) is 0 Å². The molecule has 0 bridgehead atoms. The van der Waals surface area contributed by atoms with E-state index in [0.29, 0.717) is 30.4 Å². The van der Waals surface area contributed by atoms with Crippen molar-refractivity contribution in [1.29, 1.82) is 0 Å². The Morgan fingerprint density at radius 2 is 2.29 bits per heavy atom. The topological polar surface area (TPSA) is 68.5 Å². The average molecular weight is 287 g/mol. The summed E-state index contributed by atoms with van der Waals surface area (Å²) in [5.41, 5.74) is 1.45. The molecule has 6 nitrogen and oxygen atoms in total. The summed E-state index contributed by atoms with van der Waals surface area (Å²) in [5.74, 6) is 1.24. The molecule has 0 unspecified atom stereocenters. The predicted octanol–water partition coefficient (Wildman–Crippen LogP) is 1.98. The number of hydrogen-bond acceptors (Lipinski definition) is 5. The first-order chi connectivity index (χ1) is 10.1. The van der Waals surface area contributed by atoms with Crippen LogP contribution in [-0.2, 0) is 0 Å². The van der Waals surface area contributed by atoms with Crippen LogP contribution in [0.2, 0.25) is 0 Å². The Hall–Kier alpha value is -2.37. The summed E-state index contributed by atoms with van der Waals surface area (Å²) in [6.07, 6.45) is 3.73. The number of nitrogens with zero attached hydrogens (tertiary/aromatic N) is 3. The molecule has 1 amide bonds. The van der Waals surface area contributed by atoms with Gasteiger partial charge in [-0.05, 0) is 19.9 Å². The van der Waals surface area contributed by atoms with Gasteiger partial charge >= 0.3 is 0 Å². The molecular formula is C15H17N3O3. The molecule has 1 aliphatic heterocycles. The Balaban J connectivity index is 1.63. The highest BCUT2D eigenvalue weighted by atomic mass is 16.5. The number of carbonyl (C=O) groups is 1. The van der Waals surface area contributed by atoms with Crippen LogP contribution in [0.15, 0.2) is 29.1 Å². The minimum Gasteiger partial charge on any atom is -0.472 e. The number of aryl methyl sites for hydroxylation is 2. The van der Waals surface area contributed by atoms with Crippen molar-refractivity contribution in [2.75, 3.05) is 13.1 Å². The molecular weight excluding hydrogens is 270 g/mol. The molecule has 1 saturated heterocycles. The predicted molar refractivity (Wildman–Crippen MR) is 75.2 cm³/mol. The number of amides is 1. The van der Waals surface area contributed by atoms with Gasteiger partial charge in [-0.25, -0.2) is 4.98 Å². The summed E-state index contributed by atoms with van der Waals surface area (Å²) >= 11 is 0. The molecule has 0 spiro atoms. The number of rotatable bonds is 3. The van der Waals surface area contributed by atoms with Crippen LogP contribution >= 0.6 is 0 Å². The first-order valence-electron chi connectivity index (χ1n) is 6.92. The lowest BCUT2D eigenvalue weighted by molar-refractivity contribution is 0.0770. The van der Waals surface area contributed by atoms with Crippen molar-refractivity contribution in [2.45, 2.75) is 26.4 Å². The van der Waals surface area contributed by atoms with Gasteiger partial charge in [0.2, 0.25) is 5.88 Å².